The van der Waals surface area contributed by atoms with Crippen molar-refractivity contribution in [3.05, 3.63) is 4.91 Å². The Hall–Kier alpha value is -0.380. The first-order chi connectivity index (χ1) is 2.89. The van der Waals surface area contributed by atoms with Crippen LogP contribution in [0, 0.1) is 4.91 Å². The first-order valence-electron chi connectivity index (χ1n) is 1.52. The molecule has 0 atom stereocenters. The van der Waals surface area contributed by atoms with E-state index < -0.39 is 0 Å². The molecule has 0 aromatic heterocycles. The second-order valence-electron chi connectivity index (χ2n) is 0.832. The van der Waals surface area contributed by atoms with E-state index in [1.54, 1.807) is 6.21 Å². The highest BCUT2D eigenvalue weighted by Crippen LogP contribution is 2.04. The summed E-state index contributed by atoms with van der Waals surface area (Å²) in [6, 6.07) is 0. The van der Waals surface area contributed by atoms with Gasteiger partial charge in [-0.25, -0.2) is 0 Å². The molecule has 0 aromatic carbocycles. The van der Waals surface area contributed by atoms with Gasteiger partial charge < -0.3 is 0 Å². The van der Waals surface area contributed by atoms with Gasteiger partial charge in [0.05, 0.1) is 16.2 Å². The van der Waals surface area contributed by atoms with Crippen molar-refractivity contribution in [1.82, 2.24) is 0 Å². The van der Waals surface area contributed by atoms with E-state index in [9.17, 15) is 4.91 Å². The molecular formula is C2H3N2OS+. The topological polar surface area (TPSA) is 32.4 Å². The molecule has 0 spiro atoms. The molecule has 1 rings (SSSR count). The normalized spacial score (nSPS) is 19.7. The van der Waals surface area contributed by atoms with Crippen LogP contribution in [0.15, 0.2) is 5.10 Å². The highest BCUT2D eigenvalue weighted by molar-refractivity contribution is 7.94. The fraction of sp³-hybridized carbons (Fsp3) is 0.500. The third-order valence-electron chi connectivity index (χ3n) is 0.435. The molecule has 0 bridgehead atoms. The molecule has 4 heteroatoms. The van der Waals surface area contributed by atoms with Crippen LogP contribution >= 0.6 is 11.9 Å². The van der Waals surface area contributed by atoms with Crippen LogP contribution in [0.1, 0.15) is 0 Å². The molecule has 0 aromatic rings. The van der Waals surface area contributed by atoms with Gasteiger partial charge in [0.25, 0.3) is 11.9 Å². The lowest BCUT2D eigenvalue weighted by Gasteiger charge is -1.55. The Balaban J connectivity index is 2.59. The number of rotatable bonds is 0. The molecule has 1 aliphatic heterocycles. The second kappa shape index (κ2) is 1.38. The first kappa shape index (κ1) is 3.80. The smallest absolute Gasteiger partial charge is 0.0533 e. The minimum absolute atomic E-state index is 0.597. The van der Waals surface area contributed by atoms with Crippen LogP contribution in [0.5, 0.6) is 0 Å². The fourth-order valence-electron chi connectivity index (χ4n) is 0.230. The Morgan fingerprint density at radius 2 is 2.83 bits per heavy atom. The Labute approximate surface area is 39.1 Å². The number of nitroso groups, excluding NO2 is 1. The standard InChI is InChI=1S/C2H3N2OS/c5-4-3-1-2-6-4/h1H,2H2/q+1. The summed E-state index contributed by atoms with van der Waals surface area (Å²) in [5, 5.41) is 3.35. The summed E-state index contributed by atoms with van der Waals surface area (Å²) in [5.41, 5.74) is 0. The molecule has 0 amide bonds. The van der Waals surface area contributed by atoms with Crippen molar-refractivity contribution in [3.63, 3.8) is 0 Å². The number of hydrazone groups is 1. The highest BCUT2D eigenvalue weighted by atomic mass is 32.2. The van der Waals surface area contributed by atoms with E-state index in [0.29, 0.717) is 4.27 Å². The number of hydrogen-bond acceptors (Lipinski definition) is 2. The van der Waals surface area contributed by atoms with Crippen LogP contribution in [-0.2, 0) is 0 Å². The molecule has 0 unspecified atom stereocenters. The van der Waals surface area contributed by atoms with E-state index >= 15 is 0 Å². The molecule has 0 fully saturated rings. The molecule has 6 heavy (non-hydrogen) atoms. The van der Waals surface area contributed by atoms with E-state index in [1.165, 1.54) is 0 Å². The Kier molecular flexibility index (Phi) is 0.874. The maximum absolute atomic E-state index is 9.92. The van der Waals surface area contributed by atoms with Gasteiger partial charge in [-0.2, -0.15) is 0 Å². The third-order valence-corrected chi connectivity index (χ3v) is 1.05. The molecule has 0 saturated heterocycles. The molecule has 32 valence electrons. The van der Waals surface area contributed by atoms with Crippen molar-refractivity contribution in [2.45, 2.75) is 0 Å². The molecule has 1 heterocycles. The Bertz CT molecular complexity index is 99.7. The lowest BCUT2D eigenvalue weighted by molar-refractivity contribution is -0.370. The third kappa shape index (κ3) is 0.567. The molecule has 1 aliphatic rings. The Morgan fingerprint density at radius 1 is 2.00 bits per heavy atom. The summed E-state index contributed by atoms with van der Waals surface area (Å²) < 4.78 is 0.597. The average Bonchev–Trinajstić information content (AvgIpc) is 1.86. The van der Waals surface area contributed by atoms with Gasteiger partial charge in [0.15, 0.2) is 0 Å². The minimum Gasteiger partial charge on any atom is 0.0533 e. The summed E-state index contributed by atoms with van der Waals surface area (Å²) in [6.07, 6.45) is 1.58. The SMILES string of the molecule is O=[N+]1N=CCS1. The molecule has 0 saturated carbocycles. The van der Waals surface area contributed by atoms with E-state index in [-0.39, 0.29) is 0 Å². The summed E-state index contributed by atoms with van der Waals surface area (Å²) in [7, 11) is 0. The molecule has 0 N–H and O–H groups in total. The van der Waals surface area contributed by atoms with Crippen molar-refractivity contribution >= 4 is 18.2 Å². The van der Waals surface area contributed by atoms with Crippen molar-refractivity contribution in [3.8, 4) is 0 Å². The van der Waals surface area contributed by atoms with Crippen LogP contribution in [0.2, 0.25) is 0 Å². The van der Waals surface area contributed by atoms with Crippen LogP contribution in [0.3, 0.4) is 0 Å². The van der Waals surface area contributed by atoms with Crippen molar-refractivity contribution in [1.29, 1.82) is 0 Å². The van der Waals surface area contributed by atoms with Crippen molar-refractivity contribution < 1.29 is 4.27 Å². The van der Waals surface area contributed by atoms with Gasteiger partial charge >= 0.3 is 0 Å². The zero-order valence-electron chi connectivity index (χ0n) is 3.00. The Morgan fingerprint density at radius 3 is 3.00 bits per heavy atom. The van der Waals surface area contributed by atoms with Gasteiger partial charge in [-0.15, -0.1) is 0 Å². The van der Waals surface area contributed by atoms with Crippen LogP contribution in [0.25, 0.3) is 0 Å². The van der Waals surface area contributed by atoms with Gasteiger partial charge in [0.2, 0.25) is 4.27 Å². The summed E-state index contributed by atoms with van der Waals surface area (Å²) >= 11 is 1.15. The molecule has 3 nitrogen and oxygen atoms in total. The van der Waals surface area contributed by atoms with E-state index in [1.807, 2.05) is 0 Å². The minimum atomic E-state index is 0.597. The van der Waals surface area contributed by atoms with E-state index in [0.717, 1.165) is 17.7 Å². The van der Waals surface area contributed by atoms with Gasteiger partial charge in [0, 0.05) is 0 Å². The fourth-order valence-corrected chi connectivity index (χ4v) is 0.625. The lowest BCUT2D eigenvalue weighted by Crippen LogP contribution is -1.73. The van der Waals surface area contributed by atoms with Crippen LogP contribution < -0.4 is 0 Å². The highest BCUT2D eigenvalue weighted by Gasteiger charge is 2.13. The van der Waals surface area contributed by atoms with E-state index in [2.05, 4.69) is 5.10 Å². The quantitative estimate of drug-likeness (QED) is 0.328. The van der Waals surface area contributed by atoms with Gasteiger partial charge in [-0.1, -0.05) is 0 Å². The van der Waals surface area contributed by atoms with Gasteiger partial charge in [-0.05, 0) is 0 Å². The second-order valence-corrected chi connectivity index (χ2v) is 1.74. The van der Waals surface area contributed by atoms with Gasteiger partial charge in [0.1, 0.15) is 5.75 Å². The number of hydrogen-bond donors (Lipinski definition) is 0. The summed E-state index contributed by atoms with van der Waals surface area (Å²) in [5.74, 6) is 0.726. The summed E-state index contributed by atoms with van der Waals surface area (Å²) in [6.45, 7) is 0. The first-order valence-corrected chi connectivity index (χ1v) is 2.46. The van der Waals surface area contributed by atoms with Crippen LogP contribution in [-0.4, -0.2) is 16.2 Å². The number of nitrogens with zero attached hydrogens (tertiary/aromatic N) is 2. The molecular weight excluding hydrogens is 100 g/mol. The largest absolute Gasteiger partial charge is 0.260 e. The molecule has 0 radical (unpaired) electrons. The maximum Gasteiger partial charge on any atom is 0.260 e. The summed E-state index contributed by atoms with van der Waals surface area (Å²) in [4.78, 5) is 9.92. The zero-order valence-corrected chi connectivity index (χ0v) is 3.81. The maximum atomic E-state index is 9.92. The monoisotopic (exact) mass is 103 g/mol. The lowest BCUT2D eigenvalue weighted by atomic mass is 10.9. The van der Waals surface area contributed by atoms with Crippen molar-refractivity contribution in [2.24, 2.45) is 5.10 Å². The van der Waals surface area contributed by atoms with Crippen LogP contribution in [0.4, 0.5) is 0 Å². The zero-order chi connectivity index (χ0) is 4.41. The predicted octanol–water partition coefficient (Wildman–Crippen LogP) is 0.413. The van der Waals surface area contributed by atoms with Gasteiger partial charge in [-0.3, -0.25) is 0 Å². The van der Waals surface area contributed by atoms with Crippen molar-refractivity contribution in [2.75, 3.05) is 5.75 Å². The van der Waals surface area contributed by atoms with E-state index in [4.69, 9.17) is 0 Å². The molecule has 0 aliphatic carbocycles. The average molecular weight is 103 g/mol. The predicted molar refractivity (Wildman–Crippen MR) is 24.6 cm³/mol.